The molecule has 3 heterocycles. The highest BCUT2D eigenvalue weighted by atomic mass is 16.3. The van der Waals surface area contributed by atoms with Gasteiger partial charge in [-0.2, -0.15) is 0 Å². The van der Waals surface area contributed by atoms with Crippen LogP contribution < -0.4 is 0 Å². The Morgan fingerprint density at radius 3 is 2.05 bits per heavy atom. The first-order valence-corrected chi connectivity index (χ1v) is 15.0. The lowest BCUT2D eigenvalue weighted by Crippen LogP contribution is -2.01. The van der Waals surface area contributed by atoms with E-state index in [0.29, 0.717) is 0 Å². The fraction of sp³-hybridized carbons (Fsp3) is 0.0500. The van der Waals surface area contributed by atoms with Crippen molar-refractivity contribution in [1.82, 2.24) is 9.13 Å². The van der Waals surface area contributed by atoms with Crippen LogP contribution in [-0.4, -0.2) is 9.13 Å². The van der Waals surface area contributed by atoms with Crippen molar-refractivity contribution in [3.05, 3.63) is 139 Å². The van der Waals surface area contributed by atoms with Crippen molar-refractivity contribution in [3.63, 3.8) is 0 Å². The normalized spacial score (nSPS) is 13.3. The maximum absolute atomic E-state index is 6.40. The molecule has 3 nitrogen and oxygen atoms in total. The highest BCUT2D eigenvalue weighted by Crippen LogP contribution is 2.47. The minimum atomic E-state index is 0.905. The second kappa shape index (κ2) is 8.50. The van der Waals surface area contributed by atoms with Crippen molar-refractivity contribution in [1.29, 1.82) is 0 Å². The molecule has 1 aliphatic rings. The Labute approximate surface area is 247 Å². The largest absolute Gasteiger partial charge is 0.456 e. The summed E-state index contributed by atoms with van der Waals surface area (Å²) in [5, 5.41) is 8.82. The van der Waals surface area contributed by atoms with Gasteiger partial charge in [0.25, 0.3) is 0 Å². The van der Waals surface area contributed by atoms with Gasteiger partial charge in [0.1, 0.15) is 11.2 Å². The monoisotopic (exact) mass is 550 g/mol. The Hall–Kier alpha value is -5.54. The van der Waals surface area contributed by atoms with Gasteiger partial charge in [-0.15, -0.1) is 0 Å². The number of benzene rings is 6. The maximum atomic E-state index is 6.40. The summed E-state index contributed by atoms with van der Waals surface area (Å²) >= 11 is 0. The van der Waals surface area contributed by atoms with Crippen molar-refractivity contribution in [2.45, 2.75) is 12.8 Å². The summed E-state index contributed by atoms with van der Waals surface area (Å²) in [5.41, 5.74) is 10.5. The van der Waals surface area contributed by atoms with Crippen LogP contribution in [0.1, 0.15) is 17.7 Å². The standard InChI is InChI=1S/C40H26N2O/c1-2-12-25(13-3-1)41-33-19-9-6-17-31(33)37-29-15-4-5-16-30(29)38-32-18-7-10-20-34(32)42(40(38)39(37)41)26-22-23-28-27-14-8-11-21-35(27)43-36(28)24-26/h1-5,7-16,18-24H,6,17H2. The fourth-order valence-corrected chi connectivity index (χ4v) is 7.63. The van der Waals surface area contributed by atoms with Crippen LogP contribution in [0, 0.1) is 0 Å². The maximum Gasteiger partial charge on any atom is 0.137 e. The molecule has 3 aromatic heterocycles. The molecule has 202 valence electrons. The van der Waals surface area contributed by atoms with E-state index in [9.17, 15) is 0 Å². The molecule has 0 fully saturated rings. The van der Waals surface area contributed by atoms with Gasteiger partial charge in [-0.1, -0.05) is 84.9 Å². The minimum Gasteiger partial charge on any atom is -0.456 e. The van der Waals surface area contributed by atoms with Crippen LogP contribution in [0.2, 0.25) is 0 Å². The zero-order valence-electron chi connectivity index (χ0n) is 23.4. The topological polar surface area (TPSA) is 23.0 Å². The van der Waals surface area contributed by atoms with Gasteiger partial charge in [0.2, 0.25) is 0 Å². The number of rotatable bonds is 2. The van der Waals surface area contributed by atoms with Gasteiger partial charge >= 0.3 is 0 Å². The Morgan fingerprint density at radius 2 is 1.19 bits per heavy atom. The fourth-order valence-electron chi connectivity index (χ4n) is 7.63. The van der Waals surface area contributed by atoms with E-state index in [1.807, 2.05) is 6.07 Å². The van der Waals surface area contributed by atoms with Crippen molar-refractivity contribution in [2.24, 2.45) is 0 Å². The zero-order chi connectivity index (χ0) is 28.1. The number of hydrogen-bond donors (Lipinski definition) is 0. The van der Waals surface area contributed by atoms with Crippen molar-refractivity contribution < 1.29 is 4.42 Å². The molecule has 43 heavy (non-hydrogen) atoms. The molecule has 0 saturated carbocycles. The summed E-state index contributed by atoms with van der Waals surface area (Å²) in [7, 11) is 0. The molecule has 3 heteroatoms. The van der Waals surface area contributed by atoms with E-state index in [1.54, 1.807) is 0 Å². The van der Waals surface area contributed by atoms with E-state index >= 15 is 0 Å². The summed E-state index contributed by atoms with van der Waals surface area (Å²) in [6, 6.07) is 43.7. The number of para-hydroxylation sites is 3. The molecule has 0 atom stereocenters. The molecule has 10 rings (SSSR count). The Bertz CT molecular complexity index is 2610. The SMILES string of the molecule is C1=Cc2c(c3c4ccccc4c4c5ccccc5n(-c5ccc6c(c5)oc5ccccc56)c4c3n2-c2ccccc2)CC1. The lowest BCUT2D eigenvalue weighted by atomic mass is 9.94. The number of nitrogens with zero attached hydrogens (tertiary/aromatic N) is 2. The minimum absolute atomic E-state index is 0.905. The van der Waals surface area contributed by atoms with E-state index < -0.39 is 0 Å². The van der Waals surface area contributed by atoms with Gasteiger partial charge in [0.15, 0.2) is 0 Å². The van der Waals surface area contributed by atoms with E-state index in [1.165, 1.54) is 60.4 Å². The van der Waals surface area contributed by atoms with Crippen LogP contribution in [0.5, 0.6) is 0 Å². The molecule has 9 aromatic rings. The van der Waals surface area contributed by atoms with Gasteiger partial charge in [-0.3, -0.25) is 0 Å². The first-order valence-electron chi connectivity index (χ1n) is 15.0. The van der Waals surface area contributed by atoms with Crippen molar-refractivity contribution in [3.8, 4) is 11.4 Å². The Morgan fingerprint density at radius 1 is 0.512 bits per heavy atom. The third kappa shape index (κ3) is 3.03. The predicted octanol–water partition coefficient (Wildman–Crippen LogP) is 10.7. The van der Waals surface area contributed by atoms with E-state index in [4.69, 9.17) is 4.42 Å². The molecule has 1 aliphatic carbocycles. The first-order chi connectivity index (χ1) is 21.4. The van der Waals surface area contributed by atoms with E-state index in [-0.39, 0.29) is 0 Å². The van der Waals surface area contributed by atoms with Crippen molar-refractivity contribution >= 4 is 71.5 Å². The number of fused-ring (bicyclic) bond motifs is 13. The van der Waals surface area contributed by atoms with Crippen LogP contribution in [0.25, 0.3) is 82.9 Å². The quantitative estimate of drug-likeness (QED) is 0.210. The summed E-state index contributed by atoms with van der Waals surface area (Å²) < 4.78 is 11.4. The van der Waals surface area contributed by atoms with E-state index in [2.05, 4.69) is 137 Å². The smallest absolute Gasteiger partial charge is 0.137 e. The summed E-state index contributed by atoms with van der Waals surface area (Å²) in [6.07, 6.45) is 6.74. The predicted molar refractivity (Wildman–Crippen MR) is 180 cm³/mol. The van der Waals surface area contributed by atoms with Crippen LogP contribution in [0.4, 0.5) is 0 Å². The molecule has 6 aromatic carbocycles. The van der Waals surface area contributed by atoms with Gasteiger partial charge in [0.05, 0.1) is 22.2 Å². The molecule has 0 saturated heterocycles. The Balaban J connectivity index is 1.47. The molecule has 0 spiro atoms. The van der Waals surface area contributed by atoms with Crippen LogP contribution in [0.3, 0.4) is 0 Å². The van der Waals surface area contributed by atoms with E-state index in [0.717, 1.165) is 40.5 Å². The highest BCUT2D eigenvalue weighted by Gasteiger charge is 2.27. The third-order valence-corrected chi connectivity index (χ3v) is 9.35. The third-order valence-electron chi connectivity index (χ3n) is 9.35. The van der Waals surface area contributed by atoms with Gasteiger partial charge in [0, 0.05) is 44.4 Å². The number of allylic oxidation sites excluding steroid dienone is 1. The molecule has 0 amide bonds. The molecule has 0 radical (unpaired) electrons. The molecular weight excluding hydrogens is 524 g/mol. The average molecular weight is 551 g/mol. The number of furan rings is 1. The first kappa shape index (κ1) is 23.1. The van der Waals surface area contributed by atoms with Gasteiger partial charge < -0.3 is 13.6 Å². The lowest BCUT2D eigenvalue weighted by Gasteiger charge is -2.14. The average Bonchev–Trinajstić information content (AvgIpc) is 3.73. The number of aryl methyl sites for hydroxylation is 1. The number of hydrogen-bond acceptors (Lipinski definition) is 1. The van der Waals surface area contributed by atoms with Crippen molar-refractivity contribution in [2.75, 3.05) is 0 Å². The van der Waals surface area contributed by atoms with Crippen LogP contribution >= 0.6 is 0 Å². The molecule has 0 aliphatic heterocycles. The summed E-state index contributed by atoms with van der Waals surface area (Å²) in [4.78, 5) is 0. The molecule has 0 bridgehead atoms. The lowest BCUT2D eigenvalue weighted by molar-refractivity contribution is 0.668. The number of aromatic nitrogens is 2. The summed E-state index contributed by atoms with van der Waals surface area (Å²) in [6.45, 7) is 0. The van der Waals surface area contributed by atoms with Crippen LogP contribution in [-0.2, 0) is 6.42 Å². The second-order valence-corrected chi connectivity index (χ2v) is 11.6. The van der Waals surface area contributed by atoms with Crippen LogP contribution in [0.15, 0.2) is 132 Å². The second-order valence-electron chi connectivity index (χ2n) is 11.6. The zero-order valence-corrected chi connectivity index (χ0v) is 23.4. The Kier molecular flexibility index (Phi) is 4.56. The highest BCUT2D eigenvalue weighted by molar-refractivity contribution is 6.32. The molecular formula is C40H26N2O. The summed E-state index contributed by atoms with van der Waals surface area (Å²) in [5.74, 6) is 0. The van der Waals surface area contributed by atoms with Gasteiger partial charge in [-0.25, -0.2) is 0 Å². The molecule has 0 N–H and O–H groups in total. The molecule has 0 unspecified atom stereocenters. The van der Waals surface area contributed by atoms with Gasteiger partial charge in [-0.05, 0) is 71.7 Å².